The van der Waals surface area contributed by atoms with Gasteiger partial charge in [-0.25, -0.2) is 4.79 Å². The van der Waals surface area contributed by atoms with Crippen LogP contribution in [0.4, 0.5) is 4.79 Å². The van der Waals surface area contributed by atoms with Crippen LogP contribution in [-0.4, -0.2) is 59.0 Å². The molecule has 1 fully saturated rings. The normalized spacial score (nSPS) is 29.8. The molecule has 0 spiro atoms. The first-order chi connectivity index (χ1) is 9.61. The van der Waals surface area contributed by atoms with Gasteiger partial charge in [0.1, 0.15) is 24.1 Å². The van der Waals surface area contributed by atoms with Crippen LogP contribution < -0.4 is 10.1 Å². The van der Waals surface area contributed by atoms with E-state index in [0.29, 0.717) is 5.75 Å². The Morgan fingerprint density at radius 1 is 1.30 bits per heavy atom. The van der Waals surface area contributed by atoms with Crippen molar-refractivity contribution in [2.24, 2.45) is 0 Å². The molecule has 1 aromatic rings. The van der Waals surface area contributed by atoms with Crippen molar-refractivity contribution in [3.05, 3.63) is 30.3 Å². The maximum Gasteiger partial charge on any atom is 0.412 e. The van der Waals surface area contributed by atoms with Gasteiger partial charge in [0, 0.05) is 0 Å². The highest BCUT2D eigenvalue weighted by atomic mass is 16.6. The minimum Gasteiger partial charge on any atom is -0.410 e. The fraction of sp³-hybridized carbons (Fsp3) is 0.462. The molecule has 7 heteroatoms. The lowest BCUT2D eigenvalue weighted by atomic mass is 9.99. The highest BCUT2D eigenvalue weighted by molar-refractivity contribution is 5.70. The molecular formula is C13H17NO6. The molecule has 20 heavy (non-hydrogen) atoms. The zero-order chi connectivity index (χ0) is 14.5. The summed E-state index contributed by atoms with van der Waals surface area (Å²) in [5.41, 5.74) is 0. The van der Waals surface area contributed by atoms with Gasteiger partial charge in [0.2, 0.25) is 0 Å². The van der Waals surface area contributed by atoms with Gasteiger partial charge in [0.15, 0.2) is 0 Å². The number of amides is 1. The Hall–Kier alpha value is -1.67. The number of para-hydroxylation sites is 1. The Morgan fingerprint density at radius 3 is 2.65 bits per heavy atom. The third kappa shape index (κ3) is 3.45. The second-order valence-corrected chi connectivity index (χ2v) is 4.49. The highest BCUT2D eigenvalue weighted by Gasteiger charge is 2.38. The molecule has 1 aromatic carbocycles. The summed E-state index contributed by atoms with van der Waals surface area (Å²) < 4.78 is 10.1. The molecular weight excluding hydrogens is 266 g/mol. The van der Waals surface area contributed by atoms with E-state index in [1.807, 2.05) is 0 Å². The number of ether oxygens (including phenoxy) is 2. The molecule has 2 rings (SSSR count). The van der Waals surface area contributed by atoms with Gasteiger partial charge in [-0.1, -0.05) is 18.2 Å². The van der Waals surface area contributed by atoms with Crippen LogP contribution in [0.2, 0.25) is 0 Å². The topological polar surface area (TPSA) is 108 Å². The lowest BCUT2D eigenvalue weighted by Gasteiger charge is -2.36. The standard InChI is InChI=1S/C13H17NO6/c15-6-10-12(17)11(16)9(7-19-10)14-13(18)20-8-4-2-1-3-5-8/h1-5,9-12,15-17H,6-7H2,(H,14,18)/t9-,10-,11?,12?/m1/s1. The van der Waals surface area contributed by atoms with Crippen LogP contribution in [0.3, 0.4) is 0 Å². The predicted molar refractivity (Wildman–Crippen MR) is 68.2 cm³/mol. The Bertz CT molecular complexity index is 440. The largest absolute Gasteiger partial charge is 0.412 e. The van der Waals surface area contributed by atoms with Crippen LogP contribution >= 0.6 is 0 Å². The van der Waals surface area contributed by atoms with E-state index in [2.05, 4.69) is 5.32 Å². The molecule has 2 unspecified atom stereocenters. The second kappa shape index (κ2) is 6.67. The van der Waals surface area contributed by atoms with Crippen molar-refractivity contribution in [3.63, 3.8) is 0 Å². The predicted octanol–water partition coefficient (Wildman–Crippen LogP) is -0.743. The van der Waals surface area contributed by atoms with Crippen LogP contribution in [0.15, 0.2) is 30.3 Å². The molecule has 0 saturated carbocycles. The number of carbonyl (C=O) groups excluding carboxylic acids is 1. The molecule has 0 bridgehead atoms. The summed E-state index contributed by atoms with van der Waals surface area (Å²) in [6.07, 6.45) is -4.10. The second-order valence-electron chi connectivity index (χ2n) is 4.49. The number of hydrogen-bond donors (Lipinski definition) is 4. The highest BCUT2D eigenvalue weighted by Crippen LogP contribution is 2.16. The van der Waals surface area contributed by atoms with Crippen molar-refractivity contribution in [1.29, 1.82) is 0 Å². The summed E-state index contributed by atoms with van der Waals surface area (Å²) in [5.74, 6) is 0.366. The summed E-state index contributed by atoms with van der Waals surface area (Å²) in [4.78, 5) is 11.7. The van der Waals surface area contributed by atoms with Gasteiger partial charge in [0.05, 0.1) is 19.3 Å². The Morgan fingerprint density at radius 2 is 2.00 bits per heavy atom. The van der Waals surface area contributed by atoms with E-state index < -0.39 is 37.1 Å². The molecule has 4 atom stereocenters. The molecule has 0 radical (unpaired) electrons. The van der Waals surface area contributed by atoms with Gasteiger partial charge in [-0.3, -0.25) is 0 Å². The van der Waals surface area contributed by atoms with Gasteiger partial charge in [-0.15, -0.1) is 0 Å². The number of aliphatic hydroxyl groups excluding tert-OH is 3. The first kappa shape index (κ1) is 14.7. The number of aliphatic hydroxyl groups is 3. The van der Waals surface area contributed by atoms with Gasteiger partial charge in [-0.05, 0) is 12.1 Å². The van der Waals surface area contributed by atoms with E-state index >= 15 is 0 Å². The molecule has 1 aliphatic rings. The van der Waals surface area contributed by atoms with E-state index in [4.69, 9.17) is 14.6 Å². The smallest absolute Gasteiger partial charge is 0.410 e. The van der Waals surface area contributed by atoms with Crippen LogP contribution in [0.25, 0.3) is 0 Å². The number of rotatable bonds is 3. The van der Waals surface area contributed by atoms with Crippen molar-refractivity contribution in [1.82, 2.24) is 5.32 Å². The van der Waals surface area contributed by atoms with Gasteiger partial charge in [-0.2, -0.15) is 0 Å². The third-order valence-corrected chi connectivity index (χ3v) is 3.07. The van der Waals surface area contributed by atoms with Crippen LogP contribution in [0.5, 0.6) is 5.75 Å². The molecule has 4 N–H and O–H groups in total. The van der Waals surface area contributed by atoms with Gasteiger partial charge >= 0.3 is 6.09 Å². The van der Waals surface area contributed by atoms with Crippen molar-refractivity contribution in [2.45, 2.75) is 24.4 Å². The average molecular weight is 283 g/mol. The monoisotopic (exact) mass is 283 g/mol. The van der Waals surface area contributed by atoms with Crippen molar-refractivity contribution in [2.75, 3.05) is 13.2 Å². The molecule has 1 aliphatic heterocycles. The number of benzene rings is 1. The summed E-state index contributed by atoms with van der Waals surface area (Å²) in [6, 6.07) is 7.65. The molecule has 0 aliphatic carbocycles. The first-order valence-electron chi connectivity index (χ1n) is 6.24. The number of nitrogens with one attached hydrogen (secondary N) is 1. The van der Waals surface area contributed by atoms with Crippen LogP contribution in [0, 0.1) is 0 Å². The Kier molecular flexibility index (Phi) is 4.91. The quantitative estimate of drug-likeness (QED) is 0.582. The van der Waals surface area contributed by atoms with E-state index in [0.717, 1.165) is 0 Å². The molecule has 1 amide bonds. The third-order valence-electron chi connectivity index (χ3n) is 3.07. The minimum absolute atomic E-state index is 0.0205. The zero-order valence-corrected chi connectivity index (χ0v) is 10.7. The summed E-state index contributed by atoms with van der Waals surface area (Å²) in [5, 5.41) is 30.9. The number of hydrogen-bond acceptors (Lipinski definition) is 6. The van der Waals surface area contributed by atoms with Crippen LogP contribution in [0.1, 0.15) is 0 Å². The Labute approximate surface area is 115 Å². The summed E-state index contributed by atoms with van der Waals surface area (Å²) in [6.45, 7) is -0.424. The van der Waals surface area contributed by atoms with Crippen LogP contribution in [-0.2, 0) is 4.74 Å². The molecule has 1 heterocycles. The molecule has 7 nitrogen and oxygen atoms in total. The molecule has 110 valence electrons. The van der Waals surface area contributed by atoms with E-state index in [1.54, 1.807) is 30.3 Å². The average Bonchev–Trinajstić information content (AvgIpc) is 2.45. The summed E-state index contributed by atoms with van der Waals surface area (Å²) in [7, 11) is 0. The fourth-order valence-electron chi connectivity index (χ4n) is 1.95. The van der Waals surface area contributed by atoms with Crippen molar-refractivity contribution >= 4 is 6.09 Å². The lowest BCUT2D eigenvalue weighted by molar-refractivity contribution is -0.160. The molecule has 0 aromatic heterocycles. The van der Waals surface area contributed by atoms with Crippen molar-refractivity contribution < 1.29 is 29.6 Å². The Balaban J connectivity index is 1.88. The zero-order valence-electron chi connectivity index (χ0n) is 10.7. The summed E-state index contributed by atoms with van der Waals surface area (Å²) >= 11 is 0. The maximum atomic E-state index is 11.7. The fourth-order valence-corrected chi connectivity index (χ4v) is 1.95. The van der Waals surface area contributed by atoms with Gasteiger partial charge in [0.25, 0.3) is 0 Å². The van der Waals surface area contributed by atoms with E-state index in [9.17, 15) is 15.0 Å². The van der Waals surface area contributed by atoms with E-state index in [-0.39, 0.29) is 6.61 Å². The van der Waals surface area contributed by atoms with E-state index in [1.165, 1.54) is 0 Å². The lowest BCUT2D eigenvalue weighted by Crippen LogP contribution is -2.60. The van der Waals surface area contributed by atoms with Gasteiger partial charge < -0.3 is 30.1 Å². The van der Waals surface area contributed by atoms with Crippen molar-refractivity contribution in [3.8, 4) is 5.75 Å². The SMILES string of the molecule is O=C(N[C@@H]1CO[C@H](CO)C(O)C1O)Oc1ccccc1. The number of carbonyl (C=O) groups is 1. The maximum absolute atomic E-state index is 11.7. The minimum atomic E-state index is -1.27. The molecule has 1 saturated heterocycles. The first-order valence-corrected chi connectivity index (χ1v) is 6.24.